The van der Waals surface area contributed by atoms with Crippen molar-refractivity contribution in [2.45, 2.75) is 45.1 Å². The van der Waals surface area contributed by atoms with E-state index in [4.69, 9.17) is 15.2 Å². The molecular formula is C28H41N5O3. The maximum atomic E-state index is 13.0. The second-order valence-electron chi connectivity index (χ2n) is 9.51. The summed E-state index contributed by atoms with van der Waals surface area (Å²) in [4.78, 5) is 19.7. The lowest BCUT2D eigenvalue weighted by molar-refractivity contribution is 0.349. The summed E-state index contributed by atoms with van der Waals surface area (Å²) in [6, 6.07) is 5.86. The Hall–Kier alpha value is -3.10. The molecule has 0 saturated carbocycles. The van der Waals surface area contributed by atoms with Gasteiger partial charge in [-0.1, -0.05) is 25.7 Å². The molecule has 0 aliphatic rings. The van der Waals surface area contributed by atoms with Crippen LogP contribution in [-0.4, -0.2) is 55.9 Å². The van der Waals surface area contributed by atoms with Gasteiger partial charge < -0.3 is 30.0 Å². The lowest BCUT2D eigenvalue weighted by atomic mass is 9.99. The first kappa shape index (κ1) is 27.5. The van der Waals surface area contributed by atoms with Crippen molar-refractivity contribution in [3.05, 3.63) is 46.5 Å². The van der Waals surface area contributed by atoms with E-state index in [1.165, 1.54) is 25.7 Å². The number of anilines is 1. The number of ether oxygens (including phenoxy) is 2. The summed E-state index contributed by atoms with van der Waals surface area (Å²) in [6.07, 6.45) is 10.6. The van der Waals surface area contributed by atoms with Crippen LogP contribution in [0.15, 0.2) is 35.4 Å². The molecule has 0 atom stereocenters. The van der Waals surface area contributed by atoms with Crippen LogP contribution in [0.3, 0.4) is 0 Å². The fourth-order valence-corrected chi connectivity index (χ4v) is 4.49. The zero-order valence-corrected chi connectivity index (χ0v) is 22.4. The number of hydrogen-bond acceptors (Lipinski definition) is 7. The van der Waals surface area contributed by atoms with Gasteiger partial charge in [-0.25, -0.2) is 4.98 Å². The number of benzene rings is 1. The second kappa shape index (κ2) is 13.3. The third-order valence-corrected chi connectivity index (χ3v) is 6.40. The molecule has 3 rings (SSSR count). The minimum Gasteiger partial charge on any atom is -0.496 e. The van der Waals surface area contributed by atoms with Crippen molar-refractivity contribution in [2.24, 2.45) is 12.8 Å². The molecular weight excluding hydrogens is 454 g/mol. The Balaban J connectivity index is 1.88. The van der Waals surface area contributed by atoms with Crippen molar-refractivity contribution in [2.75, 3.05) is 46.7 Å². The Morgan fingerprint density at radius 2 is 1.61 bits per heavy atom. The minimum absolute atomic E-state index is 0.0535. The van der Waals surface area contributed by atoms with E-state index in [-0.39, 0.29) is 5.56 Å². The summed E-state index contributed by atoms with van der Waals surface area (Å²) in [7, 11) is 9.12. The van der Waals surface area contributed by atoms with Crippen molar-refractivity contribution >= 4 is 16.6 Å². The molecule has 2 aromatic heterocycles. The molecule has 8 heteroatoms. The van der Waals surface area contributed by atoms with Crippen molar-refractivity contribution in [1.82, 2.24) is 14.5 Å². The van der Waals surface area contributed by atoms with Gasteiger partial charge in [-0.3, -0.25) is 4.79 Å². The first-order valence-electron chi connectivity index (χ1n) is 12.7. The lowest BCUT2D eigenvalue weighted by Gasteiger charge is -2.19. The number of methoxy groups -OCH3 is 2. The smallest absolute Gasteiger partial charge is 0.258 e. The van der Waals surface area contributed by atoms with Crippen molar-refractivity contribution in [1.29, 1.82) is 0 Å². The summed E-state index contributed by atoms with van der Waals surface area (Å²) < 4.78 is 13.1. The molecule has 1 aromatic carbocycles. The Morgan fingerprint density at radius 1 is 0.972 bits per heavy atom. The molecule has 3 N–H and O–H groups in total. The largest absolute Gasteiger partial charge is 0.496 e. The molecule has 0 saturated heterocycles. The van der Waals surface area contributed by atoms with Crippen LogP contribution in [0.4, 0.5) is 5.82 Å². The molecule has 0 spiro atoms. The summed E-state index contributed by atoms with van der Waals surface area (Å²) in [5, 5.41) is 4.81. The van der Waals surface area contributed by atoms with E-state index in [2.05, 4.69) is 15.2 Å². The number of fused-ring (bicyclic) bond motifs is 1. The van der Waals surface area contributed by atoms with Crippen molar-refractivity contribution < 1.29 is 9.47 Å². The van der Waals surface area contributed by atoms with Crippen LogP contribution in [0.2, 0.25) is 0 Å². The van der Waals surface area contributed by atoms with Crippen molar-refractivity contribution in [3.63, 3.8) is 0 Å². The number of pyridine rings is 2. The number of aryl methyl sites for hydroxylation is 1. The highest BCUT2D eigenvalue weighted by Gasteiger charge is 2.17. The topological polar surface area (TPSA) is 94.6 Å². The van der Waals surface area contributed by atoms with Crippen LogP contribution in [0.5, 0.6) is 11.5 Å². The zero-order valence-electron chi connectivity index (χ0n) is 22.4. The van der Waals surface area contributed by atoms with Gasteiger partial charge in [-0.05, 0) is 57.2 Å². The van der Waals surface area contributed by atoms with Crippen LogP contribution < -0.4 is 26.1 Å². The molecule has 0 fully saturated rings. The highest BCUT2D eigenvalue weighted by Crippen LogP contribution is 2.37. The average molecular weight is 496 g/mol. The van der Waals surface area contributed by atoms with Gasteiger partial charge in [-0.15, -0.1) is 0 Å². The normalized spacial score (nSPS) is 11.3. The lowest BCUT2D eigenvalue weighted by Crippen LogP contribution is -2.17. The van der Waals surface area contributed by atoms with Crippen LogP contribution in [0, 0.1) is 0 Å². The monoisotopic (exact) mass is 495 g/mol. The van der Waals surface area contributed by atoms with Gasteiger partial charge in [0.25, 0.3) is 5.56 Å². The summed E-state index contributed by atoms with van der Waals surface area (Å²) in [6.45, 7) is 2.29. The highest BCUT2D eigenvalue weighted by molar-refractivity contribution is 5.96. The van der Waals surface area contributed by atoms with Gasteiger partial charge in [0, 0.05) is 43.5 Å². The third-order valence-electron chi connectivity index (χ3n) is 6.40. The van der Waals surface area contributed by atoms with E-state index in [1.54, 1.807) is 32.0 Å². The van der Waals surface area contributed by atoms with Crippen LogP contribution in [-0.2, 0) is 13.6 Å². The van der Waals surface area contributed by atoms with E-state index < -0.39 is 0 Å². The standard InChI is InChI=1S/C28H41N5O3/c1-32(2)18-24-25(35-4)14-20(15-26(24)36-5)23-19-33(3)28(34)21-16-27(31-17-22(21)23)30-13-11-9-7-6-8-10-12-29/h14-17,19H,6-13,18,29H2,1-5H3,(H,30,31). The minimum atomic E-state index is -0.0535. The summed E-state index contributed by atoms with van der Waals surface area (Å²) >= 11 is 0. The molecule has 0 aliphatic heterocycles. The Bertz CT molecular complexity index is 1180. The molecule has 2 heterocycles. The molecule has 36 heavy (non-hydrogen) atoms. The predicted molar refractivity (Wildman–Crippen MR) is 148 cm³/mol. The molecule has 0 unspecified atom stereocenters. The SMILES string of the molecule is COc1cc(-c2cn(C)c(=O)c3cc(NCCCCCCCCN)ncc23)cc(OC)c1CN(C)C. The first-order valence-corrected chi connectivity index (χ1v) is 12.7. The van der Waals surface area contributed by atoms with Gasteiger partial charge >= 0.3 is 0 Å². The quantitative estimate of drug-likeness (QED) is 0.320. The Kier molecular flexibility index (Phi) is 10.1. The molecule has 196 valence electrons. The van der Waals surface area contributed by atoms with E-state index in [0.717, 1.165) is 65.3 Å². The fraction of sp³-hybridized carbons (Fsp3) is 0.500. The molecule has 0 radical (unpaired) electrons. The zero-order chi connectivity index (χ0) is 26.1. The number of aromatic nitrogens is 2. The number of nitrogens with two attached hydrogens (primary N) is 1. The molecule has 3 aromatic rings. The van der Waals surface area contributed by atoms with Gasteiger partial charge in [-0.2, -0.15) is 0 Å². The molecule has 8 nitrogen and oxygen atoms in total. The van der Waals surface area contributed by atoms with E-state index in [1.807, 2.05) is 38.5 Å². The summed E-state index contributed by atoms with van der Waals surface area (Å²) in [5.74, 6) is 2.21. The molecule has 0 amide bonds. The Labute approximate surface area is 214 Å². The number of unbranched alkanes of at least 4 members (excludes halogenated alkanes) is 5. The van der Waals surface area contributed by atoms with Crippen LogP contribution >= 0.6 is 0 Å². The summed E-state index contributed by atoms with van der Waals surface area (Å²) in [5.41, 5.74) is 8.28. The first-order chi connectivity index (χ1) is 17.4. The van der Waals surface area contributed by atoms with Crippen LogP contribution in [0.1, 0.15) is 44.1 Å². The maximum Gasteiger partial charge on any atom is 0.258 e. The van der Waals surface area contributed by atoms with Crippen LogP contribution in [0.25, 0.3) is 21.9 Å². The van der Waals surface area contributed by atoms with Gasteiger partial charge in [0.05, 0.1) is 25.2 Å². The van der Waals surface area contributed by atoms with Gasteiger partial charge in [0.2, 0.25) is 0 Å². The average Bonchev–Trinajstić information content (AvgIpc) is 2.87. The number of rotatable bonds is 14. The van der Waals surface area contributed by atoms with E-state index in [9.17, 15) is 4.79 Å². The number of nitrogens with zero attached hydrogens (tertiary/aromatic N) is 3. The number of hydrogen-bond donors (Lipinski definition) is 2. The Morgan fingerprint density at radius 3 is 2.22 bits per heavy atom. The third kappa shape index (κ3) is 6.77. The van der Waals surface area contributed by atoms with Gasteiger partial charge in [0.15, 0.2) is 0 Å². The van der Waals surface area contributed by atoms with E-state index >= 15 is 0 Å². The molecule has 0 bridgehead atoms. The van der Waals surface area contributed by atoms with E-state index in [0.29, 0.717) is 11.9 Å². The maximum absolute atomic E-state index is 13.0. The number of nitrogens with one attached hydrogen (secondary N) is 1. The van der Waals surface area contributed by atoms with Crippen molar-refractivity contribution in [3.8, 4) is 22.6 Å². The fourth-order valence-electron chi connectivity index (χ4n) is 4.49. The predicted octanol–water partition coefficient (Wildman–Crippen LogP) is 4.39. The van der Waals surface area contributed by atoms with Gasteiger partial charge in [0.1, 0.15) is 17.3 Å². The highest BCUT2D eigenvalue weighted by atomic mass is 16.5. The second-order valence-corrected chi connectivity index (χ2v) is 9.51. The molecule has 0 aliphatic carbocycles.